The highest BCUT2D eigenvalue weighted by molar-refractivity contribution is 5.72. The van der Waals surface area contributed by atoms with Gasteiger partial charge in [0.05, 0.1) is 0 Å². The van der Waals surface area contributed by atoms with E-state index < -0.39 is 0 Å². The highest BCUT2D eigenvalue weighted by atomic mass is 16.1. The summed E-state index contributed by atoms with van der Waals surface area (Å²) in [4.78, 5) is 13.6. The van der Waals surface area contributed by atoms with Crippen molar-refractivity contribution in [2.75, 3.05) is 32.7 Å². The molecule has 0 bridgehead atoms. The van der Waals surface area contributed by atoms with Gasteiger partial charge in [0.1, 0.15) is 0 Å². The van der Waals surface area contributed by atoms with E-state index in [4.69, 9.17) is 0 Å². The van der Waals surface area contributed by atoms with E-state index in [1.807, 2.05) is 0 Å². The molecule has 128 valence electrons. The maximum atomic E-state index is 11.0. The van der Waals surface area contributed by atoms with Crippen LogP contribution >= 0.6 is 0 Å². The first-order valence-corrected chi connectivity index (χ1v) is 9.24. The van der Waals surface area contributed by atoms with Gasteiger partial charge < -0.3 is 10.6 Å². The summed E-state index contributed by atoms with van der Waals surface area (Å²) in [5.74, 6) is 2.49. The molecule has 0 spiro atoms. The normalized spacial score (nSPS) is 27.5. The molecule has 0 aromatic carbocycles. The minimum absolute atomic E-state index is 0.0772. The Labute approximate surface area is 136 Å². The first-order chi connectivity index (χ1) is 10.5. The lowest BCUT2D eigenvalue weighted by atomic mass is 9.85. The fourth-order valence-electron chi connectivity index (χ4n) is 3.98. The second-order valence-corrected chi connectivity index (χ2v) is 7.74. The number of nitrogens with one attached hydrogen (secondary N) is 2. The Balaban J connectivity index is 1.78. The lowest BCUT2D eigenvalue weighted by Crippen LogP contribution is -2.52. The maximum Gasteiger partial charge on any atom is 0.216 e. The summed E-state index contributed by atoms with van der Waals surface area (Å²) in [6, 6.07) is 0.624. The summed E-state index contributed by atoms with van der Waals surface area (Å²) in [5, 5.41) is 6.78. The zero-order valence-electron chi connectivity index (χ0n) is 14.7. The highest BCUT2D eigenvalue weighted by Crippen LogP contribution is 2.26. The summed E-state index contributed by atoms with van der Waals surface area (Å²) in [6.45, 7) is 11.6. The first kappa shape index (κ1) is 17.7. The van der Waals surface area contributed by atoms with Crippen molar-refractivity contribution in [3.05, 3.63) is 0 Å². The quantitative estimate of drug-likeness (QED) is 0.758. The lowest BCUT2D eigenvalue weighted by Gasteiger charge is -2.40. The minimum Gasteiger partial charge on any atom is -0.355 e. The van der Waals surface area contributed by atoms with Crippen LogP contribution in [0, 0.1) is 17.8 Å². The number of carbonyl (C=O) groups excluding carboxylic acids is 1. The third-order valence-electron chi connectivity index (χ3n) is 5.47. The van der Waals surface area contributed by atoms with Crippen LogP contribution in [0.15, 0.2) is 0 Å². The largest absolute Gasteiger partial charge is 0.355 e. The average molecular weight is 309 g/mol. The van der Waals surface area contributed by atoms with Crippen molar-refractivity contribution in [3.63, 3.8) is 0 Å². The predicted octanol–water partition coefficient (Wildman–Crippen LogP) is 2.25. The monoisotopic (exact) mass is 309 g/mol. The fraction of sp³-hybridized carbons (Fsp3) is 0.944. The van der Waals surface area contributed by atoms with Gasteiger partial charge in [-0.2, -0.15) is 0 Å². The predicted molar refractivity (Wildman–Crippen MR) is 91.8 cm³/mol. The second kappa shape index (κ2) is 8.88. The van der Waals surface area contributed by atoms with E-state index in [9.17, 15) is 4.79 Å². The minimum atomic E-state index is 0.0772. The van der Waals surface area contributed by atoms with Crippen LogP contribution in [0.4, 0.5) is 0 Å². The molecule has 1 heterocycles. The SMILES string of the molecule is CC(=O)NCCN1CC(NCC2CCCC2)CC(C(C)C)C1. The van der Waals surface area contributed by atoms with Crippen LogP contribution < -0.4 is 10.6 Å². The molecule has 1 saturated carbocycles. The van der Waals surface area contributed by atoms with Crippen LogP contribution in [0.3, 0.4) is 0 Å². The van der Waals surface area contributed by atoms with E-state index in [-0.39, 0.29) is 5.91 Å². The van der Waals surface area contributed by atoms with E-state index in [0.29, 0.717) is 6.04 Å². The molecule has 1 aliphatic heterocycles. The summed E-state index contributed by atoms with van der Waals surface area (Å²) < 4.78 is 0. The average Bonchev–Trinajstić information content (AvgIpc) is 2.98. The van der Waals surface area contributed by atoms with Gasteiger partial charge in [-0.05, 0) is 43.6 Å². The number of hydrogen-bond acceptors (Lipinski definition) is 3. The van der Waals surface area contributed by atoms with Gasteiger partial charge in [0.2, 0.25) is 5.91 Å². The molecule has 0 aromatic rings. The van der Waals surface area contributed by atoms with Crippen molar-refractivity contribution >= 4 is 5.91 Å². The maximum absolute atomic E-state index is 11.0. The van der Waals surface area contributed by atoms with E-state index in [1.165, 1.54) is 45.2 Å². The van der Waals surface area contributed by atoms with Gasteiger partial charge in [0.15, 0.2) is 0 Å². The van der Waals surface area contributed by atoms with E-state index in [1.54, 1.807) is 6.92 Å². The number of hydrogen-bond donors (Lipinski definition) is 2. The molecule has 4 heteroatoms. The molecule has 4 nitrogen and oxygen atoms in total. The number of nitrogens with zero attached hydrogens (tertiary/aromatic N) is 1. The summed E-state index contributed by atoms with van der Waals surface area (Å²) in [6.07, 6.45) is 6.99. The molecule has 2 aliphatic rings. The number of carbonyl (C=O) groups is 1. The van der Waals surface area contributed by atoms with E-state index in [2.05, 4.69) is 29.4 Å². The number of rotatable bonds is 7. The van der Waals surface area contributed by atoms with Gasteiger partial charge in [0, 0.05) is 39.1 Å². The molecule has 22 heavy (non-hydrogen) atoms. The van der Waals surface area contributed by atoms with Crippen LogP contribution in [-0.2, 0) is 4.79 Å². The van der Waals surface area contributed by atoms with Crippen molar-refractivity contribution < 1.29 is 4.79 Å². The molecular weight excluding hydrogens is 274 g/mol. The van der Waals surface area contributed by atoms with E-state index >= 15 is 0 Å². The van der Waals surface area contributed by atoms with Gasteiger partial charge >= 0.3 is 0 Å². The Morgan fingerprint density at radius 3 is 2.59 bits per heavy atom. The zero-order chi connectivity index (χ0) is 15.9. The van der Waals surface area contributed by atoms with Crippen molar-refractivity contribution in [1.29, 1.82) is 0 Å². The number of likely N-dealkylation sites (tertiary alicyclic amines) is 1. The van der Waals surface area contributed by atoms with Crippen LogP contribution in [0.5, 0.6) is 0 Å². The zero-order valence-corrected chi connectivity index (χ0v) is 14.7. The second-order valence-electron chi connectivity index (χ2n) is 7.74. The molecular formula is C18H35N3O. The smallest absolute Gasteiger partial charge is 0.216 e. The molecule has 0 radical (unpaired) electrons. The molecule has 2 rings (SSSR count). The topological polar surface area (TPSA) is 44.4 Å². The number of piperidine rings is 1. The van der Waals surface area contributed by atoms with Gasteiger partial charge in [0.25, 0.3) is 0 Å². The summed E-state index contributed by atoms with van der Waals surface area (Å²) >= 11 is 0. The van der Waals surface area contributed by atoms with Crippen LogP contribution in [0.1, 0.15) is 52.9 Å². The van der Waals surface area contributed by atoms with Crippen LogP contribution in [0.25, 0.3) is 0 Å². The molecule has 0 aromatic heterocycles. The van der Waals surface area contributed by atoms with Crippen molar-refractivity contribution in [3.8, 4) is 0 Å². The highest BCUT2D eigenvalue weighted by Gasteiger charge is 2.29. The molecule has 2 fully saturated rings. The lowest BCUT2D eigenvalue weighted by molar-refractivity contribution is -0.119. The molecule has 2 atom stereocenters. The van der Waals surface area contributed by atoms with Crippen molar-refractivity contribution in [2.24, 2.45) is 17.8 Å². The third-order valence-corrected chi connectivity index (χ3v) is 5.47. The first-order valence-electron chi connectivity index (χ1n) is 9.24. The Bertz CT molecular complexity index is 339. The van der Waals surface area contributed by atoms with Crippen molar-refractivity contribution in [1.82, 2.24) is 15.5 Å². The number of amides is 1. The molecule has 2 N–H and O–H groups in total. The summed E-state index contributed by atoms with van der Waals surface area (Å²) in [7, 11) is 0. The van der Waals surface area contributed by atoms with Crippen LogP contribution in [-0.4, -0.2) is 49.6 Å². The fourth-order valence-corrected chi connectivity index (χ4v) is 3.98. The third kappa shape index (κ3) is 5.88. The molecule has 1 saturated heterocycles. The summed E-state index contributed by atoms with van der Waals surface area (Å²) in [5.41, 5.74) is 0. The Kier molecular flexibility index (Phi) is 7.16. The Morgan fingerprint density at radius 1 is 1.23 bits per heavy atom. The van der Waals surface area contributed by atoms with Crippen molar-refractivity contribution in [2.45, 2.75) is 58.9 Å². The van der Waals surface area contributed by atoms with Gasteiger partial charge in [-0.3, -0.25) is 9.69 Å². The molecule has 1 amide bonds. The van der Waals surface area contributed by atoms with Gasteiger partial charge in [-0.1, -0.05) is 26.7 Å². The van der Waals surface area contributed by atoms with E-state index in [0.717, 1.165) is 37.4 Å². The molecule has 2 unspecified atom stereocenters. The Hall–Kier alpha value is -0.610. The Morgan fingerprint density at radius 2 is 1.95 bits per heavy atom. The van der Waals surface area contributed by atoms with Gasteiger partial charge in [-0.15, -0.1) is 0 Å². The van der Waals surface area contributed by atoms with Gasteiger partial charge in [-0.25, -0.2) is 0 Å². The standard InChI is InChI=1S/C18H35N3O/c1-14(2)17-10-18(20-11-16-6-4-5-7-16)13-21(12-17)9-8-19-15(3)22/h14,16-18,20H,4-13H2,1-3H3,(H,19,22). The molecule has 1 aliphatic carbocycles. The van der Waals surface area contributed by atoms with Crippen LogP contribution in [0.2, 0.25) is 0 Å².